The first kappa shape index (κ1) is 16.9. The van der Waals surface area contributed by atoms with Gasteiger partial charge in [0.1, 0.15) is 0 Å². The molecule has 0 aromatic rings. The van der Waals surface area contributed by atoms with E-state index in [0.717, 1.165) is 45.7 Å². The van der Waals surface area contributed by atoms with Gasteiger partial charge in [-0.25, -0.2) is 0 Å². The van der Waals surface area contributed by atoms with Crippen LogP contribution < -0.4 is 0 Å². The van der Waals surface area contributed by atoms with Gasteiger partial charge < -0.3 is 14.6 Å². The van der Waals surface area contributed by atoms with Gasteiger partial charge in [-0.2, -0.15) is 0 Å². The van der Waals surface area contributed by atoms with E-state index in [1.54, 1.807) is 0 Å². The Labute approximate surface area is 117 Å². The van der Waals surface area contributed by atoms with Crippen molar-refractivity contribution in [3.63, 3.8) is 0 Å². The van der Waals surface area contributed by atoms with Gasteiger partial charge in [0.05, 0.1) is 6.10 Å². The van der Waals surface area contributed by atoms with Gasteiger partial charge in [-0.1, -0.05) is 6.92 Å². The summed E-state index contributed by atoms with van der Waals surface area (Å²) in [6.07, 6.45) is 0.533. The van der Waals surface area contributed by atoms with Gasteiger partial charge in [-0.05, 0) is 20.3 Å². The summed E-state index contributed by atoms with van der Waals surface area (Å²) in [4.78, 5) is 4.71. The Kier molecular flexibility index (Phi) is 8.57. The molecule has 5 nitrogen and oxygen atoms in total. The van der Waals surface area contributed by atoms with Gasteiger partial charge in [-0.3, -0.25) is 9.80 Å². The van der Waals surface area contributed by atoms with E-state index in [-0.39, 0.29) is 12.4 Å². The predicted molar refractivity (Wildman–Crippen MR) is 76.2 cm³/mol. The minimum atomic E-state index is -0.189. The Morgan fingerprint density at radius 2 is 1.37 bits per heavy atom. The first-order chi connectivity index (χ1) is 9.19. The third-order valence-corrected chi connectivity index (χ3v) is 3.52. The zero-order chi connectivity index (χ0) is 14.1. The van der Waals surface area contributed by atoms with Crippen LogP contribution in [0.5, 0.6) is 0 Å². The number of hydrogen-bond donors (Lipinski definition) is 1. The molecule has 19 heavy (non-hydrogen) atoms. The summed E-state index contributed by atoms with van der Waals surface area (Å²) >= 11 is 0. The fourth-order valence-electron chi connectivity index (χ4n) is 2.32. The molecular formula is C14H30N2O3. The largest absolute Gasteiger partial charge is 0.392 e. The summed E-state index contributed by atoms with van der Waals surface area (Å²) in [5.41, 5.74) is 0. The molecule has 114 valence electrons. The van der Waals surface area contributed by atoms with Crippen molar-refractivity contribution in [2.24, 2.45) is 0 Å². The van der Waals surface area contributed by atoms with Crippen LogP contribution >= 0.6 is 0 Å². The number of aliphatic hydroxyl groups is 1. The molecule has 1 aliphatic heterocycles. The summed E-state index contributed by atoms with van der Waals surface area (Å²) < 4.78 is 11.2. The van der Waals surface area contributed by atoms with Crippen LogP contribution in [-0.2, 0) is 9.47 Å². The highest BCUT2D eigenvalue weighted by Gasteiger charge is 2.21. The summed E-state index contributed by atoms with van der Waals surface area (Å²) in [5.74, 6) is 0. The second kappa shape index (κ2) is 9.66. The van der Waals surface area contributed by atoms with Crippen molar-refractivity contribution in [2.45, 2.75) is 39.6 Å². The number of β-amino-alcohol motifs (C(OH)–C–C–N with tert-alkyl or cyclic N) is 1. The fourth-order valence-corrected chi connectivity index (χ4v) is 2.32. The van der Waals surface area contributed by atoms with Crippen molar-refractivity contribution in [3.8, 4) is 0 Å². The highest BCUT2D eigenvalue weighted by atomic mass is 16.7. The maximum atomic E-state index is 9.67. The topological polar surface area (TPSA) is 45.2 Å². The van der Waals surface area contributed by atoms with Crippen LogP contribution in [-0.4, -0.2) is 79.8 Å². The van der Waals surface area contributed by atoms with Crippen LogP contribution in [0.15, 0.2) is 0 Å². The van der Waals surface area contributed by atoms with Crippen molar-refractivity contribution in [1.29, 1.82) is 0 Å². The van der Waals surface area contributed by atoms with Gasteiger partial charge in [0, 0.05) is 52.5 Å². The molecule has 1 saturated heterocycles. The standard InChI is InChI=1S/C14H30N2O3/c1-4-13(17)11-15-7-9-16(10-8-15)12-14(18-5-2)19-6-3/h13-14,17H,4-12H2,1-3H3. The van der Waals surface area contributed by atoms with Crippen molar-refractivity contribution in [3.05, 3.63) is 0 Å². The molecule has 0 bridgehead atoms. The molecule has 1 rings (SSSR count). The maximum Gasteiger partial charge on any atom is 0.170 e. The van der Waals surface area contributed by atoms with E-state index in [0.29, 0.717) is 13.2 Å². The molecule has 1 aliphatic rings. The van der Waals surface area contributed by atoms with Crippen LogP contribution in [0.25, 0.3) is 0 Å². The third-order valence-electron chi connectivity index (χ3n) is 3.52. The minimum absolute atomic E-state index is 0.109. The number of rotatable bonds is 9. The molecule has 1 atom stereocenters. The van der Waals surface area contributed by atoms with Crippen molar-refractivity contribution in [1.82, 2.24) is 9.80 Å². The maximum absolute atomic E-state index is 9.67. The molecule has 0 aliphatic carbocycles. The predicted octanol–water partition coefficient (Wildman–Crippen LogP) is 0.774. The van der Waals surface area contributed by atoms with Crippen LogP contribution in [0.3, 0.4) is 0 Å². The normalized spacial score (nSPS) is 20.1. The highest BCUT2D eigenvalue weighted by Crippen LogP contribution is 2.07. The second-order valence-corrected chi connectivity index (χ2v) is 5.00. The van der Waals surface area contributed by atoms with Gasteiger partial charge in [0.2, 0.25) is 0 Å². The molecule has 1 heterocycles. The molecule has 0 saturated carbocycles. The average molecular weight is 274 g/mol. The van der Waals surface area contributed by atoms with E-state index < -0.39 is 0 Å². The van der Waals surface area contributed by atoms with Gasteiger partial charge in [-0.15, -0.1) is 0 Å². The molecule has 1 fully saturated rings. The smallest absolute Gasteiger partial charge is 0.170 e. The molecular weight excluding hydrogens is 244 g/mol. The summed E-state index contributed by atoms with van der Waals surface area (Å²) in [6, 6.07) is 0. The first-order valence-corrected chi connectivity index (χ1v) is 7.55. The molecule has 0 aromatic heterocycles. The Hall–Kier alpha value is -0.200. The SMILES string of the molecule is CCOC(CN1CCN(CC(O)CC)CC1)OCC. The molecule has 0 amide bonds. The van der Waals surface area contributed by atoms with E-state index in [1.165, 1.54) is 0 Å². The molecule has 0 spiro atoms. The van der Waals surface area contributed by atoms with E-state index in [4.69, 9.17) is 9.47 Å². The molecule has 0 radical (unpaired) electrons. The summed E-state index contributed by atoms with van der Waals surface area (Å²) in [7, 11) is 0. The van der Waals surface area contributed by atoms with Crippen LogP contribution in [0.1, 0.15) is 27.2 Å². The lowest BCUT2D eigenvalue weighted by Gasteiger charge is -2.36. The number of nitrogens with zero attached hydrogens (tertiary/aromatic N) is 2. The van der Waals surface area contributed by atoms with E-state index in [2.05, 4.69) is 9.80 Å². The number of ether oxygens (including phenoxy) is 2. The lowest BCUT2D eigenvalue weighted by atomic mass is 10.2. The van der Waals surface area contributed by atoms with E-state index in [9.17, 15) is 5.11 Å². The van der Waals surface area contributed by atoms with Gasteiger partial charge >= 0.3 is 0 Å². The number of hydrogen-bond acceptors (Lipinski definition) is 5. The summed E-state index contributed by atoms with van der Waals surface area (Å²) in [5, 5.41) is 9.67. The molecule has 1 unspecified atom stereocenters. The summed E-state index contributed by atoms with van der Waals surface area (Å²) in [6.45, 7) is 13.1. The lowest BCUT2D eigenvalue weighted by Crippen LogP contribution is -2.50. The zero-order valence-corrected chi connectivity index (χ0v) is 12.7. The third kappa shape index (κ3) is 6.68. The monoisotopic (exact) mass is 274 g/mol. The Bertz CT molecular complexity index is 215. The van der Waals surface area contributed by atoms with Crippen LogP contribution in [0.2, 0.25) is 0 Å². The van der Waals surface area contributed by atoms with E-state index >= 15 is 0 Å². The average Bonchev–Trinajstić information content (AvgIpc) is 2.41. The minimum Gasteiger partial charge on any atom is -0.392 e. The van der Waals surface area contributed by atoms with E-state index in [1.807, 2.05) is 20.8 Å². The number of piperazine rings is 1. The fraction of sp³-hybridized carbons (Fsp3) is 1.00. The zero-order valence-electron chi connectivity index (χ0n) is 12.7. The lowest BCUT2D eigenvalue weighted by molar-refractivity contribution is -0.149. The van der Waals surface area contributed by atoms with Gasteiger partial charge in [0.25, 0.3) is 0 Å². The molecule has 5 heteroatoms. The molecule has 0 aromatic carbocycles. The van der Waals surface area contributed by atoms with Crippen LogP contribution in [0.4, 0.5) is 0 Å². The molecule has 1 N–H and O–H groups in total. The van der Waals surface area contributed by atoms with Crippen molar-refractivity contribution < 1.29 is 14.6 Å². The highest BCUT2D eigenvalue weighted by molar-refractivity contribution is 4.74. The van der Waals surface area contributed by atoms with Crippen LogP contribution in [0, 0.1) is 0 Å². The quantitative estimate of drug-likeness (QED) is 0.629. The van der Waals surface area contributed by atoms with Crippen molar-refractivity contribution in [2.75, 3.05) is 52.5 Å². The second-order valence-electron chi connectivity index (χ2n) is 5.00. The Balaban J connectivity index is 2.24. The Morgan fingerprint density at radius 3 is 1.79 bits per heavy atom. The Morgan fingerprint density at radius 1 is 0.895 bits per heavy atom. The first-order valence-electron chi connectivity index (χ1n) is 7.55. The number of aliphatic hydroxyl groups excluding tert-OH is 1. The van der Waals surface area contributed by atoms with Gasteiger partial charge in [0.15, 0.2) is 6.29 Å². The van der Waals surface area contributed by atoms with Crippen molar-refractivity contribution >= 4 is 0 Å².